The first kappa shape index (κ1) is 28.5. The second kappa shape index (κ2) is 11.8. The Morgan fingerprint density at radius 2 is 1.71 bits per heavy atom. The molecule has 5 aromatic rings. The number of benzene rings is 2. The number of aromatic nitrogens is 7. The second-order valence-electron chi connectivity index (χ2n) is 9.33. The van der Waals surface area contributed by atoms with Gasteiger partial charge in [0.1, 0.15) is 5.82 Å². The smallest absolute Gasteiger partial charge is 0.456 e. The van der Waals surface area contributed by atoms with Crippen molar-refractivity contribution in [2.75, 3.05) is 6.61 Å². The van der Waals surface area contributed by atoms with Crippen LogP contribution in [0.2, 0.25) is 0 Å². The zero-order valence-electron chi connectivity index (χ0n) is 22.7. The first-order chi connectivity index (χ1) is 20.2. The number of ether oxygens (including phenoxy) is 1. The van der Waals surface area contributed by atoms with Gasteiger partial charge in [0, 0.05) is 24.7 Å². The van der Waals surface area contributed by atoms with E-state index < -0.39 is 23.6 Å². The van der Waals surface area contributed by atoms with Gasteiger partial charge in [0.2, 0.25) is 5.82 Å². The van der Waals surface area contributed by atoms with E-state index in [4.69, 9.17) is 4.74 Å². The first-order valence-electron chi connectivity index (χ1n) is 13.2. The van der Waals surface area contributed by atoms with Gasteiger partial charge in [0.05, 0.1) is 12.3 Å². The predicted molar refractivity (Wildman–Crippen MR) is 146 cm³/mol. The van der Waals surface area contributed by atoms with Crippen LogP contribution in [0, 0.1) is 0 Å². The molecular weight excluding hydrogens is 551 g/mol. The van der Waals surface area contributed by atoms with Crippen LogP contribution >= 0.6 is 0 Å². The molecule has 42 heavy (non-hydrogen) atoms. The largest absolute Gasteiger partial charge is 0.461 e. The van der Waals surface area contributed by atoms with Crippen molar-refractivity contribution in [2.45, 2.75) is 39.4 Å². The molecule has 0 radical (unpaired) electrons. The van der Waals surface area contributed by atoms with Gasteiger partial charge in [-0.15, -0.1) is 10.2 Å². The highest BCUT2D eigenvalue weighted by atomic mass is 19.4. The number of carbonyl (C=O) groups is 2. The minimum atomic E-state index is -5.10. The lowest BCUT2D eigenvalue weighted by Gasteiger charge is -2.14. The molecule has 0 fully saturated rings. The number of tetrazole rings is 1. The standard InChI is InChI=1S/C29H26F3N7O3/c1-3-8-23-33-27(38-16-7-11-22(38)25(40)29(30,31)32)24(28(41)42-4-2)39(23)17-18-12-14-19(15-13-18)20-9-5-6-10-21(20)26-34-36-37-35-26/h5-7,9-16H,3-4,8,17H2,1-2H3,(H,34,35,36,37). The number of esters is 1. The van der Waals surface area contributed by atoms with Crippen LogP contribution in [0.5, 0.6) is 0 Å². The molecule has 13 heteroatoms. The van der Waals surface area contributed by atoms with Gasteiger partial charge in [-0.2, -0.15) is 18.4 Å². The van der Waals surface area contributed by atoms with Crippen molar-refractivity contribution in [1.82, 2.24) is 34.7 Å². The third kappa shape index (κ3) is 5.57. The van der Waals surface area contributed by atoms with Gasteiger partial charge < -0.3 is 9.30 Å². The SMILES string of the molecule is CCCc1nc(-n2cccc2C(=O)C(F)(F)F)c(C(=O)OCC)n1Cc1ccc(-c2ccccc2-c2nn[nH]n2)cc1. The minimum Gasteiger partial charge on any atom is -0.461 e. The molecule has 3 heterocycles. The molecule has 216 valence electrons. The number of alkyl halides is 3. The third-order valence-electron chi connectivity index (χ3n) is 6.56. The fraction of sp³-hybridized carbons (Fsp3) is 0.241. The topological polar surface area (TPSA) is 121 Å². The van der Waals surface area contributed by atoms with Crippen molar-refractivity contribution in [2.24, 2.45) is 0 Å². The summed E-state index contributed by atoms with van der Waals surface area (Å²) in [5, 5.41) is 14.3. The highest BCUT2D eigenvalue weighted by Crippen LogP contribution is 2.31. The van der Waals surface area contributed by atoms with E-state index in [1.165, 1.54) is 12.3 Å². The average molecular weight is 578 g/mol. The second-order valence-corrected chi connectivity index (χ2v) is 9.33. The maximum atomic E-state index is 13.3. The fourth-order valence-electron chi connectivity index (χ4n) is 4.71. The summed E-state index contributed by atoms with van der Waals surface area (Å²) in [6, 6.07) is 17.6. The zero-order chi connectivity index (χ0) is 29.9. The van der Waals surface area contributed by atoms with E-state index in [0.29, 0.717) is 24.5 Å². The molecular formula is C29H26F3N7O3. The summed E-state index contributed by atoms with van der Waals surface area (Å²) in [5.41, 5.74) is 2.70. The lowest BCUT2D eigenvalue weighted by molar-refractivity contribution is -0.0889. The Labute approximate surface area is 238 Å². The van der Waals surface area contributed by atoms with Crippen LogP contribution in [0.25, 0.3) is 28.3 Å². The van der Waals surface area contributed by atoms with E-state index >= 15 is 0 Å². The van der Waals surface area contributed by atoms with E-state index in [1.54, 1.807) is 11.5 Å². The molecule has 0 atom stereocenters. The molecule has 0 unspecified atom stereocenters. The summed E-state index contributed by atoms with van der Waals surface area (Å²) in [6.45, 7) is 3.78. The summed E-state index contributed by atoms with van der Waals surface area (Å²) >= 11 is 0. The quantitative estimate of drug-likeness (QED) is 0.173. The average Bonchev–Trinajstić information content (AvgIpc) is 3.74. The van der Waals surface area contributed by atoms with E-state index in [9.17, 15) is 22.8 Å². The number of aryl methyl sites for hydroxylation is 1. The maximum Gasteiger partial charge on any atom is 0.456 e. The van der Waals surface area contributed by atoms with Gasteiger partial charge >= 0.3 is 12.1 Å². The maximum absolute atomic E-state index is 13.3. The molecule has 1 N–H and O–H groups in total. The summed E-state index contributed by atoms with van der Waals surface area (Å²) in [4.78, 5) is 30.0. The van der Waals surface area contributed by atoms with Crippen molar-refractivity contribution < 1.29 is 27.5 Å². The van der Waals surface area contributed by atoms with Crippen LogP contribution < -0.4 is 0 Å². The molecule has 0 saturated carbocycles. The number of imidazole rings is 1. The normalized spacial score (nSPS) is 11.5. The molecule has 0 aliphatic rings. The number of hydrogen-bond acceptors (Lipinski definition) is 7. The van der Waals surface area contributed by atoms with Crippen LogP contribution in [0.15, 0.2) is 66.9 Å². The van der Waals surface area contributed by atoms with Crippen LogP contribution in [-0.2, 0) is 17.7 Å². The van der Waals surface area contributed by atoms with Crippen molar-refractivity contribution >= 4 is 11.8 Å². The van der Waals surface area contributed by atoms with E-state index in [-0.39, 0.29) is 24.7 Å². The van der Waals surface area contributed by atoms with Crippen molar-refractivity contribution in [3.05, 3.63) is 89.6 Å². The Kier molecular flexibility index (Phi) is 8.00. The Bertz CT molecular complexity index is 1710. The molecule has 0 bridgehead atoms. The molecule has 2 aromatic carbocycles. The van der Waals surface area contributed by atoms with E-state index in [1.807, 2.05) is 55.5 Å². The highest BCUT2D eigenvalue weighted by Gasteiger charge is 2.41. The molecule has 0 saturated heterocycles. The number of hydrogen-bond donors (Lipinski definition) is 1. The lowest BCUT2D eigenvalue weighted by Crippen LogP contribution is -2.25. The number of halogens is 3. The number of carbonyl (C=O) groups excluding carboxylic acids is 2. The number of nitrogens with zero attached hydrogens (tertiary/aromatic N) is 6. The van der Waals surface area contributed by atoms with Gasteiger partial charge in [0.25, 0.3) is 5.78 Å². The molecule has 0 amide bonds. The summed E-state index contributed by atoms with van der Waals surface area (Å²) < 4.78 is 48.0. The molecule has 5 rings (SSSR count). The molecule has 10 nitrogen and oxygen atoms in total. The van der Waals surface area contributed by atoms with Crippen molar-refractivity contribution in [3.63, 3.8) is 0 Å². The van der Waals surface area contributed by atoms with Gasteiger partial charge in [-0.3, -0.25) is 9.36 Å². The number of Topliss-reactive ketones (excluding diaryl/α,β-unsaturated/α-hetero) is 1. The Morgan fingerprint density at radius 1 is 0.976 bits per heavy atom. The molecule has 0 aliphatic heterocycles. The van der Waals surface area contributed by atoms with Crippen molar-refractivity contribution in [1.29, 1.82) is 0 Å². The molecule has 0 spiro atoms. The first-order valence-corrected chi connectivity index (χ1v) is 13.2. The Balaban J connectivity index is 1.56. The van der Waals surface area contributed by atoms with Gasteiger partial charge in [-0.1, -0.05) is 55.5 Å². The van der Waals surface area contributed by atoms with Crippen LogP contribution in [0.1, 0.15) is 52.6 Å². The number of rotatable bonds is 10. The summed E-state index contributed by atoms with van der Waals surface area (Å²) in [6.07, 6.45) is -2.73. The van der Waals surface area contributed by atoms with E-state index in [0.717, 1.165) is 32.9 Å². The Morgan fingerprint density at radius 3 is 2.36 bits per heavy atom. The summed E-state index contributed by atoms with van der Waals surface area (Å²) in [7, 11) is 0. The van der Waals surface area contributed by atoms with Crippen LogP contribution in [0.3, 0.4) is 0 Å². The van der Waals surface area contributed by atoms with Crippen LogP contribution in [-0.4, -0.2) is 59.3 Å². The van der Waals surface area contributed by atoms with Gasteiger partial charge in [-0.25, -0.2) is 9.78 Å². The lowest BCUT2D eigenvalue weighted by atomic mass is 9.98. The van der Waals surface area contributed by atoms with Crippen LogP contribution in [0.4, 0.5) is 13.2 Å². The van der Waals surface area contributed by atoms with Gasteiger partial charge in [-0.05, 0) is 47.4 Å². The monoisotopic (exact) mass is 577 g/mol. The van der Waals surface area contributed by atoms with Crippen molar-refractivity contribution in [3.8, 4) is 28.3 Å². The fourth-order valence-corrected chi connectivity index (χ4v) is 4.71. The zero-order valence-corrected chi connectivity index (χ0v) is 22.7. The highest BCUT2D eigenvalue weighted by molar-refractivity contribution is 6.00. The summed E-state index contributed by atoms with van der Waals surface area (Å²) in [5.74, 6) is -1.96. The number of H-pyrrole nitrogens is 1. The number of aromatic amines is 1. The molecule has 3 aromatic heterocycles. The molecule has 0 aliphatic carbocycles. The Hall–Kier alpha value is -5.07. The van der Waals surface area contributed by atoms with Gasteiger partial charge in [0.15, 0.2) is 11.5 Å². The third-order valence-corrected chi connectivity index (χ3v) is 6.56. The van der Waals surface area contributed by atoms with E-state index in [2.05, 4.69) is 25.6 Å². The number of ketones is 1. The number of nitrogens with one attached hydrogen (secondary N) is 1. The minimum absolute atomic E-state index is 0.0424. The predicted octanol–water partition coefficient (Wildman–Crippen LogP) is 5.44.